The summed E-state index contributed by atoms with van der Waals surface area (Å²) in [7, 11) is 0. The molecule has 3 aromatic rings. The van der Waals surface area contributed by atoms with E-state index in [1.165, 1.54) is 16.9 Å². The zero-order valence-corrected chi connectivity index (χ0v) is 16.8. The number of ether oxygens (including phenoxy) is 1. The number of nitrogens with zero attached hydrogens (tertiary/aromatic N) is 1. The van der Waals surface area contributed by atoms with Crippen molar-refractivity contribution >= 4 is 34.8 Å². The van der Waals surface area contributed by atoms with Crippen LogP contribution in [0.3, 0.4) is 0 Å². The van der Waals surface area contributed by atoms with Crippen LogP contribution in [0.2, 0.25) is 5.02 Å². The molecule has 0 spiro atoms. The summed E-state index contributed by atoms with van der Waals surface area (Å²) in [6, 6.07) is 15.2. The van der Waals surface area contributed by atoms with Crippen LogP contribution in [0.25, 0.3) is 10.6 Å². The molecule has 1 aromatic heterocycles. The van der Waals surface area contributed by atoms with Crippen molar-refractivity contribution in [1.82, 2.24) is 10.3 Å². The van der Waals surface area contributed by atoms with E-state index in [1.54, 1.807) is 23.6 Å². The van der Waals surface area contributed by atoms with E-state index >= 15 is 0 Å². The second kappa shape index (κ2) is 9.48. The van der Waals surface area contributed by atoms with Gasteiger partial charge in [-0.25, -0.2) is 9.78 Å². The fourth-order valence-electron chi connectivity index (χ4n) is 2.49. The Morgan fingerprint density at radius 1 is 1.14 bits per heavy atom. The van der Waals surface area contributed by atoms with E-state index in [2.05, 4.69) is 17.2 Å². The molecule has 28 heavy (non-hydrogen) atoms. The Labute approximate surface area is 172 Å². The molecule has 0 aliphatic heterocycles. The van der Waals surface area contributed by atoms with Crippen molar-refractivity contribution in [2.45, 2.75) is 19.9 Å². The first-order valence-corrected chi connectivity index (χ1v) is 10.0. The standard InChI is InChI=1S/C21H19ClN2O3S/c1-2-14-6-8-16(9-7-14)20-24-18(13-28-20)21(26)27-12-19(25)23-11-15-4-3-5-17(22)10-15/h3-10,13H,2,11-12H2,1H3,(H,23,25). The Hall–Kier alpha value is -2.70. The Kier molecular flexibility index (Phi) is 6.79. The predicted octanol–water partition coefficient (Wildman–Crippen LogP) is 4.50. The average Bonchev–Trinajstić information content (AvgIpc) is 3.21. The van der Waals surface area contributed by atoms with Crippen molar-refractivity contribution in [2.24, 2.45) is 0 Å². The molecular weight excluding hydrogens is 396 g/mol. The summed E-state index contributed by atoms with van der Waals surface area (Å²) in [6.07, 6.45) is 0.967. The minimum absolute atomic E-state index is 0.196. The molecule has 0 aliphatic carbocycles. The molecule has 0 aliphatic rings. The van der Waals surface area contributed by atoms with E-state index in [0.717, 1.165) is 22.6 Å². The van der Waals surface area contributed by atoms with Gasteiger partial charge in [-0.2, -0.15) is 0 Å². The van der Waals surface area contributed by atoms with E-state index < -0.39 is 5.97 Å². The number of carbonyl (C=O) groups is 2. The Morgan fingerprint density at radius 2 is 1.93 bits per heavy atom. The predicted molar refractivity (Wildman–Crippen MR) is 111 cm³/mol. The van der Waals surface area contributed by atoms with Gasteiger partial charge in [-0.15, -0.1) is 11.3 Å². The molecule has 2 aromatic carbocycles. The third-order valence-corrected chi connectivity index (χ3v) is 5.16. The van der Waals surface area contributed by atoms with Crippen molar-refractivity contribution in [1.29, 1.82) is 0 Å². The lowest BCUT2D eigenvalue weighted by Gasteiger charge is -2.06. The maximum Gasteiger partial charge on any atom is 0.358 e. The number of thiazole rings is 1. The van der Waals surface area contributed by atoms with Crippen molar-refractivity contribution in [3.8, 4) is 10.6 Å². The SMILES string of the molecule is CCc1ccc(-c2nc(C(=O)OCC(=O)NCc3cccc(Cl)c3)cs2)cc1. The summed E-state index contributed by atoms with van der Waals surface area (Å²) in [4.78, 5) is 28.3. The van der Waals surface area contributed by atoms with E-state index in [0.29, 0.717) is 11.6 Å². The minimum Gasteiger partial charge on any atom is -0.451 e. The fraction of sp³-hybridized carbons (Fsp3) is 0.190. The van der Waals surface area contributed by atoms with Crippen LogP contribution in [0.4, 0.5) is 0 Å². The third-order valence-electron chi connectivity index (χ3n) is 4.04. The van der Waals surface area contributed by atoms with Gasteiger partial charge < -0.3 is 10.1 Å². The van der Waals surface area contributed by atoms with Crippen molar-refractivity contribution in [3.05, 3.63) is 75.8 Å². The highest BCUT2D eigenvalue weighted by atomic mass is 35.5. The Bertz CT molecular complexity index is 970. The van der Waals surface area contributed by atoms with Gasteiger partial charge in [-0.1, -0.05) is 54.9 Å². The first kappa shape index (κ1) is 20.0. The topological polar surface area (TPSA) is 68.3 Å². The summed E-state index contributed by atoms with van der Waals surface area (Å²) >= 11 is 7.27. The summed E-state index contributed by atoms with van der Waals surface area (Å²) in [6.45, 7) is 2.04. The van der Waals surface area contributed by atoms with Crippen LogP contribution in [0.15, 0.2) is 53.9 Å². The molecule has 1 N–H and O–H groups in total. The normalized spacial score (nSPS) is 10.5. The lowest BCUT2D eigenvalue weighted by Crippen LogP contribution is -2.28. The van der Waals surface area contributed by atoms with Gasteiger partial charge in [0.1, 0.15) is 5.01 Å². The van der Waals surface area contributed by atoms with Gasteiger partial charge >= 0.3 is 5.97 Å². The van der Waals surface area contributed by atoms with E-state index in [-0.39, 0.29) is 18.2 Å². The lowest BCUT2D eigenvalue weighted by atomic mass is 10.1. The smallest absolute Gasteiger partial charge is 0.358 e. The number of aromatic nitrogens is 1. The molecule has 0 fully saturated rings. The molecule has 1 heterocycles. The summed E-state index contributed by atoms with van der Waals surface area (Å²) < 4.78 is 5.05. The number of aryl methyl sites for hydroxylation is 1. The van der Waals surface area contributed by atoms with Gasteiger partial charge in [0.15, 0.2) is 12.3 Å². The number of rotatable bonds is 7. The highest BCUT2D eigenvalue weighted by Gasteiger charge is 2.15. The lowest BCUT2D eigenvalue weighted by molar-refractivity contribution is -0.124. The molecule has 144 valence electrons. The molecule has 5 nitrogen and oxygen atoms in total. The minimum atomic E-state index is -0.620. The van der Waals surface area contributed by atoms with Crippen LogP contribution in [0, 0.1) is 0 Å². The van der Waals surface area contributed by atoms with E-state index in [4.69, 9.17) is 16.3 Å². The zero-order valence-electron chi connectivity index (χ0n) is 15.3. The van der Waals surface area contributed by atoms with Gasteiger partial charge in [-0.05, 0) is 29.7 Å². The molecule has 0 atom stereocenters. The second-order valence-corrected chi connectivity index (χ2v) is 7.37. The number of benzene rings is 2. The Morgan fingerprint density at radius 3 is 2.64 bits per heavy atom. The molecule has 0 unspecified atom stereocenters. The van der Waals surface area contributed by atoms with Crippen molar-refractivity contribution in [3.63, 3.8) is 0 Å². The summed E-state index contributed by atoms with van der Waals surface area (Å²) in [5.74, 6) is -1.01. The summed E-state index contributed by atoms with van der Waals surface area (Å²) in [5, 5.41) is 5.65. The van der Waals surface area contributed by atoms with Crippen LogP contribution in [-0.2, 0) is 22.5 Å². The maximum absolute atomic E-state index is 12.1. The fourth-order valence-corrected chi connectivity index (χ4v) is 3.50. The van der Waals surface area contributed by atoms with Crippen LogP contribution >= 0.6 is 22.9 Å². The number of esters is 1. The maximum atomic E-state index is 12.1. The third kappa shape index (κ3) is 5.41. The molecule has 7 heteroatoms. The van der Waals surface area contributed by atoms with Gasteiger partial charge in [0, 0.05) is 22.5 Å². The quantitative estimate of drug-likeness (QED) is 0.578. The number of hydrogen-bond acceptors (Lipinski definition) is 5. The van der Waals surface area contributed by atoms with Crippen molar-refractivity contribution in [2.75, 3.05) is 6.61 Å². The number of halogens is 1. The zero-order chi connectivity index (χ0) is 19.9. The highest BCUT2D eigenvalue weighted by molar-refractivity contribution is 7.13. The second-order valence-electron chi connectivity index (χ2n) is 6.07. The average molecular weight is 415 g/mol. The van der Waals surface area contributed by atoms with Gasteiger partial charge in [-0.3, -0.25) is 4.79 Å². The van der Waals surface area contributed by atoms with Crippen LogP contribution in [-0.4, -0.2) is 23.5 Å². The van der Waals surface area contributed by atoms with Crippen LogP contribution in [0.1, 0.15) is 28.5 Å². The molecule has 3 rings (SSSR count). The Balaban J connectivity index is 1.50. The molecule has 0 saturated heterocycles. The first-order chi connectivity index (χ1) is 13.5. The summed E-state index contributed by atoms with van der Waals surface area (Å²) in [5.41, 5.74) is 3.25. The molecule has 1 amide bonds. The highest BCUT2D eigenvalue weighted by Crippen LogP contribution is 2.24. The molecule has 0 bridgehead atoms. The largest absolute Gasteiger partial charge is 0.451 e. The number of carbonyl (C=O) groups excluding carboxylic acids is 2. The first-order valence-electron chi connectivity index (χ1n) is 8.78. The van der Waals surface area contributed by atoms with Gasteiger partial charge in [0.2, 0.25) is 0 Å². The number of nitrogens with one attached hydrogen (secondary N) is 1. The van der Waals surface area contributed by atoms with Gasteiger partial charge in [0.05, 0.1) is 0 Å². The van der Waals surface area contributed by atoms with E-state index in [1.807, 2.05) is 30.3 Å². The monoisotopic (exact) mass is 414 g/mol. The molecule has 0 radical (unpaired) electrons. The number of hydrogen-bond donors (Lipinski definition) is 1. The van der Waals surface area contributed by atoms with Gasteiger partial charge in [0.25, 0.3) is 5.91 Å². The number of amides is 1. The van der Waals surface area contributed by atoms with Crippen molar-refractivity contribution < 1.29 is 14.3 Å². The van der Waals surface area contributed by atoms with Crippen LogP contribution < -0.4 is 5.32 Å². The molecular formula is C21H19ClN2O3S. The van der Waals surface area contributed by atoms with Crippen LogP contribution in [0.5, 0.6) is 0 Å². The molecule has 0 saturated carbocycles. The van der Waals surface area contributed by atoms with E-state index in [9.17, 15) is 9.59 Å².